The van der Waals surface area contributed by atoms with E-state index in [4.69, 9.17) is 0 Å². The topological polar surface area (TPSA) is 97.5 Å². The first kappa shape index (κ1) is 17.9. The molecule has 0 saturated heterocycles. The van der Waals surface area contributed by atoms with Crippen LogP contribution >= 0.6 is 0 Å². The van der Waals surface area contributed by atoms with E-state index in [2.05, 4.69) is 15.5 Å². The van der Waals surface area contributed by atoms with Crippen molar-refractivity contribution in [2.75, 3.05) is 0 Å². The molecule has 0 aliphatic rings. The van der Waals surface area contributed by atoms with Gasteiger partial charge in [0.25, 0.3) is 11.6 Å². The third-order valence-corrected chi connectivity index (χ3v) is 3.94. The molecule has 27 heavy (non-hydrogen) atoms. The van der Waals surface area contributed by atoms with Gasteiger partial charge >= 0.3 is 0 Å². The van der Waals surface area contributed by atoms with Gasteiger partial charge in [-0.25, -0.2) is 5.43 Å². The van der Waals surface area contributed by atoms with Crippen molar-refractivity contribution >= 4 is 17.3 Å². The summed E-state index contributed by atoms with van der Waals surface area (Å²) in [5, 5.41) is 15.3. The zero-order valence-corrected chi connectivity index (χ0v) is 14.5. The highest BCUT2D eigenvalue weighted by Crippen LogP contribution is 2.19. The molecule has 0 atom stereocenters. The number of pyridine rings is 1. The fourth-order valence-corrected chi connectivity index (χ4v) is 2.52. The van der Waals surface area contributed by atoms with E-state index in [-0.39, 0.29) is 11.3 Å². The van der Waals surface area contributed by atoms with E-state index in [1.54, 1.807) is 31.5 Å². The number of nitrogens with zero attached hydrogens (tertiary/aromatic N) is 3. The third kappa shape index (κ3) is 4.21. The highest BCUT2D eigenvalue weighted by Gasteiger charge is 2.15. The molecule has 2 aromatic carbocycles. The zero-order chi connectivity index (χ0) is 19.2. The van der Waals surface area contributed by atoms with Crippen molar-refractivity contribution in [3.8, 4) is 0 Å². The standard InChI is InChI=1S/C20H16N4O3/c1-14-7-8-17(13-18(14)24(26)27)20(25)23-22-19(15-5-3-2-4-6-15)16-9-11-21-12-10-16/h2-13H,1H3,(H,23,25). The van der Waals surface area contributed by atoms with Gasteiger partial charge in [-0.2, -0.15) is 5.10 Å². The first-order valence-electron chi connectivity index (χ1n) is 8.15. The Balaban J connectivity index is 1.92. The van der Waals surface area contributed by atoms with Gasteiger partial charge in [-0.1, -0.05) is 36.4 Å². The van der Waals surface area contributed by atoms with Crippen LogP contribution < -0.4 is 5.43 Å². The Morgan fingerprint density at radius 1 is 1.00 bits per heavy atom. The predicted octanol–water partition coefficient (Wildman–Crippen LogP) is 3.48. The molecule has 7 nitrogen and oxygen atoms in total. The molecule has 1 aromatic heterocycles. The lowest BCUT2D eigenvalue weighted by molar-refractivity contribution is -0.385. The molecule has 0 unspecified atom stereocenters. The number of hydrogen-bond donors (Lipinski definition) is 1. The molecule has 3 rings (SSSR count). The predicted molar refractivity (Wildman–Crippen MR) is 102 cm³/mol. The van der Waals surface area contributed by atoms with Crippen LogP contribution in [-0.4, -0.2) is 21.5 Å². The number of hydrazone groups is 1. The first-order chi connectivity index (χ1) is 13.1. The number of benzene rings is 2. The van der Waals surface area contributed by atoms with Crippen molar-refractivity contribution in [1.29, 1.82) is 0 Å². The zero-order valence-electron chi connectivity index (χ0n) is 14.5. The molecule has 0 spiro atoms. The van der Waals surface area contributed by atoms with Gasteiger partial charge < -0.3 is 0 Å². The minimum Gasteiger partial charge on any atom is -0.267 e. The van der Waals surface area contributed by atoms with E-state index in [9.17, 15) is 14.9 Å². The Hall–Kier alpha value is -3.87. The van der Waals surface area contributed by atoms with Crippen LogP contribution in [0.5, 0.6) is 0 Å². The number of rotatable bonds is 5. The van der Waals surface area contributed by atoms with Crippen molar-refractivity contribution in [1.82, 2.24) is 10.4 Å². The highest BCUT2D eigenvalue weighted by atomic mass is 16.6. The van der Waals surface area contributed by atoms with Crippen LogP contribution in [0.3, 0.4) is 0 Å². The number of amides is 1. The second-order valence-electron chi connectivity index (χ2n) is 5.76. The number of hydrogen-bond acceptors (Lipinski definition) is 5. The van der Waals surface area contributed by atoms with E-state index in [1.807, 2.05) is 30.3 Å². The second kappa shape index (κ2) is 8.01. The smallest absolute Gasteiger partial charge is 0.267 e. The molecular weight excluding hydrogens is 344 g/mol. The number of carbonyl (C=O) groups is 1. The highest BCUT2D eigenvalue weighted by molar-refractivity contribution is 6.13. The fourth-order valence-electron chi connectivity index (χ4n) is 2.52. The molecule has 0 bridgehead atoms. The van der Waals surface area contributed by atoms with E-state index in [0.717, 1.165) is 11.1 Å². The number of nitro benzene ring substituents is 1. The molecular formula is C20H16N4O3. The Morgan fingerprint density at radius 3 is 2.33 bits per heavy atom. The Morgan fingerprint density at radius 2 is 1.67 bits per heavy atom. The minimum atomic E-state index is -0.527. The summed E-state index contributed by atoms with van der Waals surface area (Å²) in [6, 6.07) is 17.3. The summed E-state index contributed by atoms with van der Waals surface area (Å²) in [6.07, 6.45) is 3.28. The van der Waals surface area contributed by atoms with Gasteiger partial charge in [0.15, 0.2) is 0 Å². The normalized spacial score (nSPS) is 11.1. The van der Waals surface area contributed by atoms with Crippen molar-refractivity contribution in [2.24, 2.45) is 5.10 Å². The molecule has 0 aliphatic carbocycles. The summed E-state index contributed by atoms with van der Waals surface area (Å²) in [7, 11) is 0. The van der Waals surface area contributed by atoms with Crippen LogP contribution in [0, 0.1) is 17.0 Å². The summed E-state index contributed by atoms with van der Waals surface area (Å²) in [5.74, 6) is -0.527. The Bertz CT molecular complexity index is 961. The SMILES string of the molecule is Cc1ccc(C(=O)NN=C(c2ccccc2)c2ccncc2)cc1[N+](=O)[O-]. The van der Waals surface area contributed by atoms with Crippen molar-refractivity contribution in [2.45, 2.75) is 6.92 Å². The van der Waals surface area contributed by atoms with E-state index >= 15 is 0 Å². The molecule has 3 aromatic rings. The van der Waals surface area contributed by atoms with Crippen LogP contribution in [0.4, 0.5) is 5.69 Å². The molecule has 134 valence electrons. The Labute approximate surface area is 155 Å². The monoisotopic (exact) mass is 360 g/mol. The van der Waals surface area contributed by atoms with Crippen molar-refractivity contribution in [3.63, 3.8) is 0 Å². The summed E-state index contributed by atoms with van der Waals surface area (Å²) >= 11 is 0. The quantitative estimate of drug-likeness (QED) is 0.428. The molecule has 7 heteroatoms. The second-order valence-corrected chi connectivity index (χ2v) is 5.76. The van der Waals surface area contributed by atoms with Gasteiger partial charge in [-0.3, -0.25) is 19.9 Å². The maximum Gasteiger partial charge on any atom is 0.273 e. The van der Waals surface area contributed by atoms with Crippen LogP contribution in [0.2, 0.25) is 0 Å². The average molecular weight is 360 g/mol. The van der Waals surface area contributed by atoms with Crippen molar-refractivity contribution < 1.29 is 9.72 Å². The molecule has 0 radical (unpaired) electrons. The minimum absolute atomic E-state index is 0.107. The molecule has 0 aliphatic heterocycles. The van der Waals surface area contributed by atoms with E-state index in [1.165, 1.54) is 18.2 Å². The van der Waals surface area contributed by atoms with Gasteiger partial charge in [0.2, 0.25) is 0 Å². The molecule has 0 saturated carbocycles. The lowest BCUT2D eigenvalue weighted by atomic mass is 10.0. The average Bonchev–Trinajstić information content (AvgIpc) is 2.70. The number of carbonyl (C=O) groups excluding carboxylic acids is 1. The van der Waals surface area contributed by atoms with Crippen LogP contribution in [0.15, 0.2) is 78.2 Å². The molecule has 0 fully saturated rings. The third-order valence-electron chi connectivity index (χ3n) is 3.94. The van der Waals surface area contributed by atoms with Gasteiger partial charge in [0.1, 0.15) is 0 Å². The molecule has 1 amide bonds. The molecule has 1 N–H and O–H groups in total. The lowest BCUT2D eigenvalue weighted by Crippen LogP contribution is -2.21. The largest absolute Gasteiger partial charge is 0.273 e. The van der Waals surface area contributed by atoms with Crippen molar-refractivity contribution in [3.05, 3.63) is 105 Å². The van der Waals surface area contributed by atoms with Crippen LogP contribution in [0.25, 0.3) is 0 Å². The number of aryl methyl sites for hydroxylation is 1. The fraction of sp³-hybridized carbons (Fsp3) is 0.0500. The van der Waals surface area contributed by atoms with Gasteiger partial charge in [-0.05, 0) is 25.1 Å². The van der Waals surface area contributed by atoms with Crippen LogP contribution in [-0.2, 0) is 0 Å². The Kier molecular flexibility index (Phi) is 5.32. The van der Waals surface area contributed by atoms with Crippen LogP contribution in [0.1, 0.15) is 27.0 Å². The van der Waals surface area contributed by atoms with Gasteiger partial charge in [-0.15, -0.1) is 0 Å². The maximum atomic E-state index is 12.4. The number of nitro groups is 1. The molecule has 1 heterocycles. The van der Waals surface area contributed by atoms with Gasteiger partial charge in [0, 0.05) is 40.7 Å². The van der Waals surface area contributed by atoms with E-state index < -0.39 is 10.8 Å². The first-order valence-corrected chi connectivity index (χ1v) is 8.15. The summed E-state index contributed by atoms with van der Waals surface area (Å²) in [5.41, 5.74) is 5.20. The van der Waals surface area contributed by atoms with E-state index in [0.29, 0.717) is 11.3 Å². The summed E-state index contributed by atoms with van der Waals surface area (Å²) in [4.78, 5) is 27.0. The lowest BCUT2D eigenvalue weighted by Gasteiger charge is -2.08. The summed E-state index contributed by atoms with van der Waals surface area (Å²) in [6.45, 7) is 1.62. The number of nitrogens with one attached hydrogen (secondary N) is 1. The van der Waals surface area contributed by atoms with Gasteiger partial charge in [0.05, 0.1) is 10.6 Å². The summed E-state index contributed by atoms with van der Waals surface area (Å²) < 4.78 is 0. The maximum absolute atomic E-state index is 12.4. The number of aromatic nitrogens is 1.